The van der Waals surface area contributed by atoms with Crippen molar-refractivity contribution in [3.8, 4) is 0 Å². The molecule has 0 atom stereocenters. The van der Waals surface area contributed by atoms with Crippen molar-refractivity contribution >= 4 is 10.8 Å². The Labute approximate surface area is 128 Å². The van der Waals surface area contributed by atoms with Gasteiger partial charge in [-0.25, -0.2) is 9.67 Å². The van der Waals surface area contributed by atoms with Crippen molar-refractivity contribution in [1.29, 1.82) is 0 Å². The molecular formula is C16H19N3O3. The smallest absolute Gasteiger partial charge is 0.248 e. The molecule has 0 unspecified atom stereocenters. The maximum atomic E-state index is 5.84. The molecule has 1 aromatic carbocycles. The minimum atomic E-state index is -1.06. The highest BCUT2D eigenvalue weighted by molar-refractivity contribution is 5.88. The second-order valence-corrected chi connectivity index (χ2v) is 5.37. The number of hydrogen-bond acceptors (Lipinski definition) is 5. The number of aryl methyl sites for hydroxylation is 2. The van der Waals surface area contributed by atoms with Gasteiger partial charge in [-0.1, -0.05) is 11.6 Å². The van der Waals surface area contributed by atoms with E-state index in [1.54, 1.807) is 31.5 Å². The van der Waals surface area contributed by atoms with Gasteiger partial charge in [-0.3, -0.25) is 0 Å². The van der Waals surface area contributed by atoms with E-state index in [1.807, 2.05) is 0 Å². The van der Waals surface area contributed by atoms with E-state index in [-0.39, 0.29) is 0 Å². The Bertz CT molecular complexity index is 773. The average Bonchev–Trinajstić information content (AvgIpc) is 3.14. The quantitative estimate of drug-likeness (QED) is 0.678. The lowest BCUT2D eigenvalue weighted by atomic mass is 10.0. The van der Waals surface area contributed by atoms with Gasteiger partial charge in [-0.2, -0.15) is 5.10 Å². The van der Waals surface area contributed by atoms with E-state index in [0.29, 0.717) is 12.3 Å². The zero-order valence-electron chi connectivity index (χ0n) is 13.2. The first-order valence-electron chi connectivity index (χ1n) is 7.01. The minimum absolute atomic E-state index is 0.343. The predicted molar refractivity (Wildman–Crippen MR) is 81.4 cm³/mol. The van der Waals surface area contributed by atoms with Crippen LogP contribution in [0.1, 0.15) is 16.9 Å². The van der Waals surface area contributed by atoms with Crippen LogP contribution in [0.5, 0.6) is 0 Å². The first kappa shape index (κ1) is 14.7. The van der Waals surface area contributed by atoms with Crippen molar-refractivity contribution in [3.05, 3.63) is 47.9 Å². The molecule has 0 saturated carbocycles. The zero-order chi connectivity index (χ0) is 15.7. The van der Waals surface area contributed by atoms with E-state index in [2.05, 4.69) is 36.1 Å². The van der Waals surface area contributed by atoms with Crippen molar-refractivity contribution in [2.75, 3.05) is 14.2 Å². The molecule has 0 N–H and O–H groups in total. The topological polar surface area (TPSA) is 62.3 Å². The van der Waals surface area contributed by atoms with Crippen molar-refractivity contribution in [2.24, 2.45) is 0 Å². The van der Waals surface area contributed by atoms with Crippen molar-refractivity contribution in [1.82, 2.24) is 14.8 Å². The summed E-state index contributed by atoms with van der Waals surface area (Å²) in [6.45, 7) is 4.46. The Hall–Kier alpha value is -2.18. The molecule has 6 heteroatoms. The number of methoxy groups -OCH3 is 2. The van der Waals surface area contributed by atoms with Gasteiger partial charge >= 0.3 is 0 Å². The summed E-state index contributed by atoms with van der Waals surface area (Å²) >= 11 is 0. The Kier molecular flexibility index (Phi) is 3.72. The predicted octanol–water partition coefficient (Wildman–Crippen LogP) is 2.79. The fourth-order valence-electron chi connectivity index (χ4n) is 2.86. The van der Waals surface area contributed by atoms with E-state index in [1.165, 1.54) is 11.9 Å². The van der Waals surface area contributed by atoms with Crippen LogP contribution in [0.25, 0.3) is 10.8 Å². The van der Waals surface area contributed by atoms with Crippen LogP contribution < -0.4 is 0 Å². The van der Waals surface area contributed by atoms with Gasteiger partial charge in [0.05, 0.1) is 6.26 Å². The lowest BCUT2D eigenvalue weighted by Gasteiger charge is -2.29. The van der Waals surface area contributed by atoms with E-state index >= 15 is 0 Å². The van der Waals surface area contributed by atoms with Crippen LogP contribution in [0.2, 0.25) is 0 Å². The molecule has 2 heterocycles. The number of nitrogens with zero attached hydrogens (tertiary/aromatic N) is 3. The molecule has 0 aliphatic rings. The molecule has 3 rings (SSSR count). The van der Waals surface area contributed by atoms with Crippen LogP contribution in [0.3, 0.4) is 0 Å². The third-order valence-electron chi connectivity index (χ3n) is 3.88. The summed E-state index contributed by atoms with van der Waals surface area (Å²) in [5.41, 5.74) is 2.31. The molecule has 22 heavy (non-hydrogen) atoms. The third-order valence-corrected chi connectivity index (χ3v) is 3.88. The number of rotatable bonds is 5. The molecule has 3 aromatic rings. The van der Waals surface area contributed by atoms with Crippen LogP contribution >= 0.6 is 0 Å². The second kappa shape index (κ2) is 5.55. The van der Waals surface area contributed by atoms with E-state index in [0.717, 1.165) is 16.3 Å². The average molecular weight is 301 g/mol. The molecule has 0 saturated heterocycles. The fraction of sp³-hybridized carbons (Fsp3) is 0.375. The number of aromatic nitrogens is 3. The summed E-state index contributed by atoms with van der Waals surface area (Å²) in [5.74, 6) is -0.421. The van der Waals surface area contributed by atoms with Gasteiger partial charge in [0.15, 0.2) is 5.76 Å². The van der Waals surface area contributed by atoms with E-state index in [4.69, 9.17) is 13.9 Å². The van der Waals surface area contributed by atoms with Gasteiger partial charge in [0.1, 0.15) is 19.2 Å². The van der Waals surface area contributed by atoms with Gasteiger partial charge in [0.2, 0.25) is 5.79 Å². The molecule has 0 fully saturated rings. The number of fused-ring (bicyclic) bond motifs is 1. The van der Waals surface area contributed by atoms with Crippen molar-refractivity contribution < 1.29 is 13.9 Å². The van der Waals surface area contributed by atoms with Crippen molar-refractivity contribution in [3.63, 3.8) is 0 Å². The first-order chi connectivity index (χ1) is 10.6. The molecule has 0 spiro atoms. The molecule has 6 nitrogen and oxygen atoms in total. The third kappa shape index (κ3) is 2.30. The molecule has 2 aromatic heterocycles. The van der Waals surface area contributed by atoms with Crippen LogP contribution in [0, 0.1) is 13.8 Å². The van der Waals surface area contributed by atoms with E-state index in [9.17, 15) is 0 Å². The molecular weight excluding hydrogens is 282 g/mol. The summed E-state index contributed by atoms with van der Waals surface area (Å²) in [4.78, 5) is 3.96. The summed E-state index contributed by atoms with van der Waals surface area (Å²) in [5, 5.41) is 6.17. The number of hydrogen-bond donors (Lipinski definition) is 0. The number of furan rings is 1. The molecule has 0 amide bonds. The zero-order valence-corrected chi connectivity index (χ0v) is 13.2. The number of benzene rings is 1. The highest BCUT2D eigenvalue weighted by atomic mass is 16.7. The Morgan fingerprint density at radius 1 is 1.23 bits per heavy atom. The van der Waals surface area contributed by atoms with Gasteiger partial charge in [-0.05, 0) is 25.5 Å². The molecule has 116 valence electrons. The highest BCUT2D eigenvalue weighted by Gasteiger charge is 2.39. The normalized spacial score (nSPS) is 12.2. The second-order valence-electron chi connectivity index (χ2n) is 5.37. The Morgan fingerprint density at radius 3 is 2.64 bits per heavy atom. The Morgan fingerprint density at radius 2 is 2.00 bits per heavy atom. The van der Waals surface area contributed by atoms with Crippen LogP contribution in [-0.4, -0.2) is 29.0 Å². The highest BCUT2D eigenvalue weighted by Crippen LogP contribution is 2.37. The molecule has 0 radical (unpaired) electrons. The van der Waals surface area contributed by atoms with Gasteiger partial charge in [0, 0.05) is 25.0 Å². The maximum Gasteiger partial charge on any atom is 0.248 e. The van der Waals surface area contributed by atoms with Gasteiger partial charge < -0.3 is 13.9 Å². The molecule has 0 aliphatic heterocycles. The number of ether oxygens (including phenoxy) is 2. The lowest BCUT2D eigenvalue weighted by Crippen LogP contribution is -2.36. The SMILES string of the molecule is COC(Cn1cncn1)(OC)c1occ2cc(C)cc(C)c12. The van der Waals surface area contributed by atoms with Crippen LogP contribution in [-0.2, 0) is 21.8 Å². The van der Waals surface area contributed by atoms with Crippen molar-refractivity contribution in [2.45, 2.75) is 26.2 Å². The molecule has 0 bridgehead atoms. The van der Waals surface area contributed by atoms with Gasteiger partial charge in [-0.15, -0.1) is 0 Å². The summed E-state index contributed by atoms with van der Waals surface area (Å²) < 4.78 is 18.9. The van der Waals surface area contributed by atoms with Gasteiger partial charge in [0.25, 0.3) is 0 Å². The largest absolute Gasteiger partial charge is 0.462 e. The fourth-order valence-corrected chi connectivity index (χ4v) is 2.86. The molecule has 0 aliphatic carbocycles. The van der Waals surface area contributed by atoms with Crippen LogP contribution in [0.4, 0.5) is 0 Å². The summed E-state index contributed by atoms with van der Waals surface area (Å²) in [6.07, 6.45) is 4.83. The summed E-state index contributed by atoms with van der Waals surface area (Å²) in [6, 6.07) is 4.20. The Balaban J connectivity index is 2.16. The monoisotopic (exact) mass is 301 g/mol. The van der Waals surface area contributed by atoms with E-state index < -0.39 is 5.79 Å². The lowest BCUT2D eigenvalue weighted by molar-refractivity contribution is -0.235. The maximum absolute atomic E-state index is 5.84. The minimum Gasteiger partial charge on any atom is -0.462 e. The standard InChI is InChI=1S/C16H19N3O3/c1-11-5-12(2)14-13(6-11)7-22-15(14)16(20-3,21-4)8-19-10-17-9-18-19/h5-7,9-10H,8H2,1-4H3. The van der Waals surface area contributed by atoms with Crippen LogP contribution in [0.15, 0.2) is 35.5 Å². The first-order valence-corrected chi connectivity index (χ1v) is 7.01. The summed E-state index contributed by atoms with van der Waals surface area (Å²) in [7, 11) is 3.19.